The Kier molecular flexibility index (Phi) is 8.53. The van der Waals surface area contributed by atoms with Crippen molar-refractivity contribution in [3.05, 3.63) is 243 Å². The summed E-state index contributed by atoms with van der Waals surface area (Å²) >= 11 is 0. The van der Waals surface area contributed by atoms with Gasteiger partial charge in [-0.15, -0.1) is 0 Å². The van der Waals surface area contributed by atoms with Gasteiger partial charge < -0.3 is 9.47 Å². The van der Waals surface area contributed by atoms with Gasteiger partial charge in [-0.3, -0.25) is 0 Å². The molecule has 0 aliphatic carbocycles. The molecule has 2 nitrogen and oxygen atoms in total. The van der Waals surface area contributed by atoms with E-state index in [1.807, 2.05) is 0 Å². The van der Waals surface area contributed by atoms with Gasteiger partial charge in [0.1, 0.15) is 0 Å². The van der Waals surface area contributed by atoms with Crippen molar-refractivity contribution in [2.24, 2.45) is 0 Å². The molecule has 0 radical (unpaired) electrons. The third kappa shape index (κ3) is 6.04. The monoisotopic (exact) mass is 788 g/mol. The highest BCUT2D eigenvalue weighted by Crippen LogP contribution is 2.43. The molecule has 0 saturated carbocycles. The summed E-state index contributed by atoms with van der Waals surface area (Å²) < 4.78 is 2.39. The maximum atomic E-state index is 2.39. The highest BCUT2D eigenvalue weighted by atomic mass is 15.1. The smallest absolute Gasteiger partial charge is 0.0541 e. The Hall–Kier alpha value is -8.20. The molecule has 11 aromatic carbocycles. The van der Waals surface area contributed by atoms with E-state index in [9.17, 15) is 0 Å². The molecule has 0 aliphatic rings. The minimum absolute atomic E-state index is 1.10. The van der Waals surface area contributed by atoms with Crippen molar-refractivity contribution in [1.29, 1.82) is 0 Å². The van der Waals surface area contributed by atoms with Crippen LogP contribution >= 0.6 is 0 Å². The maximum absolute atomic E-state index is 2.39. The number of fused-ring (bicyclic) bond motifs is 9. The minimum atomic E-state index is 1.10. The van der Waals surface area contributed by atoms with E-state index in [0.29, 0.717) is 0 Å². The van der Waals surface area contributed by atoms with Gasteiger partial charge in [-0.25, -0.2) is 0 Å². The third-order valence-corrected chi connectivity index (χ3v) is 12.6. The van der Waals surface area contributed by atoms with E-state index in [1.165, 1.54) is 87.5 Å². The molecule has 0 bridgehead atoms. The summed E-state index contributed by atoms with van der Waals surface area (Å²) in [7, 11) is 0. The van der Waals surface area contributed by atoms with Crippen molar-refractivity contribution in [3.8, 4) is 39.1 Å². The second kappa shape index (κ2) is 14.8. The van der Waals surface area contributed by atoms with Crippen molar-refractivity contribution < 1.29 is 0 Å². The van der Waals surface area contributed by atoms with Gasteiger partial charge in [0.05, 0.1) is 11.0 Å². The van der Waals surface area contributed by atoms with Gasteiger partial charge in [-0.05, 0) is 138 Å². The number of aromatic nitrogens is 1. The number of anilines is 3. The van der Waals surface area contributed by atoms with Gasteiger partial charge >= 0.3 is 0 Å². The first-order chi connectivity index (χ1) is 30.7. The fourth-order valence-electron chi connectivity index (χ4n) is 9.59. The van der Waals surface area contributed by atoms with Crippen LogP contribution in [0.2, 0.25) is 0 Å². The van der Waals surface area contributed by atoms with Crippen LogP contribution in [0.1, 0.15) is 0 Å². The summed E-state index contributed by atoms with van der Waals surface area (Å²) in [4.78, 5) is 2.39. The number of rotatable bonds is 7. The molecular weight excluding hydrogens is 749 g/mol. The van der Waals surface area contributed by atoms with Gasteiger partial charge in [0.15, 0.2) is 0 Å². The number of nitrogens with zero attached hydrogens (tertiary/aromatic N) is 2. The molecule has 12 aromatic rings. The molecule has 12 rings (SSSR count). The molecule has 1 aromatic heterocycles. The first-order valence-corrected chi connectivity index (χ1v) is 21.3. The Morgan fingerprint density at radius 1 is 0.226 bits per heavy atom. The highest BCUT2D eigenvalue weighted by molar-refractivity contribution is 6.25. The highest BCUT2D eigenvalue weighted by Gasteiger charge is 2.18. The molecular formula is C60H40N2. The first-order valence-electron chi connectivity index (χ1n) is 21.3. The predicted molar refractivity (Wildman–Crippen MR) is 264 cm³/mol. The van der Waals surface area contributed by atoms with Crippen LogP contribution in [-0.2, 0) is 0 Å². The van der Waals surface area contributed by atoms with Crippen molar-refractivity contribution >= 4 is 71.2 Å². The predicted octanol–water partition coefficient (Wildman–Crippen LogP) is 16.7. The van der Waals surface area contributed by atoms with E-state index in [4.69, 9.17) is 0 Å². The molecule has 0 fully saturated rings. The van der Waals surface area contributed by atoms with Gasteiger partial charge in [-0.1, -0.05) is 170 Å². The van der Waals surface area contributed by atoms with Crippen LogP contribution in [0.4, 0.5) is 17.1 Å². The normalized spacial score (nSPS) is 11.5. The molecule has 0 atom stereocenters. The number of benzene rings is 11. The standard InChI is InChI=1S/C60H40N2/c1-4-14-41(15-5-1)43-24-30-48(31-25-43)61(50-34-35-55-53-22-11-10-20-51(53)52-21-12-13-23-54(52)56(55)40-50)49-32-26-44(27-33-49)46-29-37-60-58(39-46)57-38-45(42-16-6-2-7-17-42)28-36-59(57)62(60)47-18-8-3-9-19-47/h1-40H. The summed E-state index contributed by atoms with van der Waals surface area (Å²) in [5.74, 6) is 0. The van der Waals surface area contributed by atoms with E-state index in [2.05, 4.69) is 252 Å². The van der Waals surface area contributed by atoms with Crippen LogP contribution in [0.25, 0.3) is 93.2 Å². The molecule has 290 valence electrons. The molecule has 1 heterocycles. The van der Waals surface area contributed by atoms with Gasteiger partial charge in [0.25, 0.3) is 0 Å². The third-order valence-electron chi connectivity index (χ3n) is 12.6. The minimum Gasteiger partial charge on any atom is -0.310 e. The lowest BCUT2D eigenvalue weighted by molar-refractivity contribution is 1.18. The Morgan fingerprint density at radius 2 is 0.581 bits per heavy atom. The molecule has 0 amide bonds. The zero-order valence-electron chi connectivity index (χ0n) is 34.0. The van der Waals surface area contributed by atoms with Crippen molar-refractivity contribution in [2.45, 2.75) is 0 Å². The van der Waals surface area contributed by atoms with Crippen LogP contribution in [0.15, 0.2) is 243 Å². The molecule has 0 aliphatic heterocycles. The van der Waals surface area contributed by atoms with E-state index in [1.54, 1.807) is 0 Å². The summed E-state index contributed by atoms with van der Waals surface area (Å²) in [6, 6.07) is 88.4. The summed E-state index contributed by atoms with van der Waals surface area (Å²) in [5.41, 5.74) is 14.1. The Bertz CT molecular complexity index is 3550. The fourth-order valence-corrected chi connectivity index (χ4v) is 9.59. The first kappa shape index (κ1) is 35.7. The van der Waals surface area contributed by atoms with Gasteiger partial charge in [-0.2, -0.15) is 0 Å². The molecule has 2 heteroatoms. The van der Waals surface area contributed by atoms with Crippen molar-refractivity contribution in [1.82, 2.24) is 4.57 Å². The largest absolute Gasteiger partial charge is 0.310 e. The van der Waals surface area contributed by atoms with Crippen LogP contribution in [0.5, 0.6) is 0 Å². The average molecular weight is 789 g/mol. The quantitative estimate of drug-likeness (QED) is 0.146. The topological polar surface area (TPSA) is 8.17 Å². The number of para-hydroxylation sites is 1. The Morgan fingerprint density at radius 3 is 1.08 bits per heavy atom. The molecule has 0 saturated heterocycles. The zero-order chi connectivity index (χ0) is 41.0. The average Bonchev–Trinajstić information content (AvgIpc) is 3.68. The lowest BCUT2D eigenvalue weighted by atomic mass is 9.94. The summed E-state index contributed by atoms with van der Waals surface area (Å²) in [6.45, 7) is 0. The van der Waals surface area contributed by atoms with E-state index < -0.39 is 0 Å². The molecule has 62 heavy (non-hydrogen) atoms. The Labute approximate surface area is 360 Å². The maximum Gasteiger partial charge on any atom is 0.0541 e. The Balaban J connectivity index is 0.995. The zero-order valence-corrected chi connectivity index (χ0v) is 34.0. The second-order valence-corrected chi connectivity index (χ2v) is 16.1. The van der Waals surface area contributed by atoms with Crippen LogP contribution < -0.4 is 4.90 Å². The van der Waals surface area contributed by atoms with Crippen LogP contribution in [0, 0.1) is 0 Å². The fraction of sp³-hybridized carbons (Fsp3) is 0. The van der Waals surface area contributed by atoms with Gasteiger partial charge in [0, 0.05) is 33.5 Å². The van der Waals surface area contributed by atoms with Crippen molar-refractivity contribution in [3.63, 3.8) is 0 Å². The summed E-state index contributed by atoms with van der Waals surface area (Å²) in [5, 5.41) is 10.1. The SMILES string of the molecule is c1ccc(-c2ccc(N(c3ccc(-c4ccc5c(c4)c4cc(-c6ccccc6)ccc4n5-c4ccccc4)cc3)c3ccc4c5ccccc5c5ccccc5c4c3)cc2)cc1. The number of hydrogen-bond donors (Lipinski definition) is 0. The van der Waals surface area contributed by atoms with E-state index >= 15 is 0 Å². The van der Waals surface area contributed by atoms with E-state index in [0.717, 1.165) is 22.7 Å². The summed E-state index contributed by atoms with van der Waals surface area (Å²) in [6.07, 6.45) is 0. The lowest BCUT2D eigenvalue weighted by Gasteiger charge is -2.26. The second-order valence-electron chi connectivity index (χ2n) is 16.1. The molecule has 0 unspecified atom stereocenters. The molecule has 0 spiro atoms. The van der Waals surface area contributed by atoms with Crippen LogP contribution in [0.3, 0.4) is 0 Å². The number of hydrogen-bond acceptors (Lipinski definition) is 1. The van der Waals surface area contributed by atoms with Crippen molar-refractivity contribution in [2.75, 3.05) is 4.90 Å². The van der Waals surface area contributed by atoms with Crippen LogP contribution in [-0.4, -0.2) is 4.57 Å². The molecule has 0 N–H and O–H groups in total. The lowest BCUT2D eigenvalue weighted by Crippen LogP contribution is -2.10. The van der Waals surface area contributed by atoms with E-state index in [-0.39, 0.29) is 0 Å². The van der Waals surface area contributed by atoms with Gasteiger partial charge in [0.2, 0.25) is 0 Å².